The van der Waals surface area contributed by atoms with Crippen molar-refractivity contribution in [2.24, 2.45) is 11.3 Å². The third-order valence-electron chi connectivity index (χ3n) is 2.40. The summed E-state index contributed by atoms with van der Waals surface area (Å²) in [5, 5.41) is 0. The molecule has 3 heteroatoms. The van der Waals surface area contributed by atoms with Gasteiger partial charge in [0.05, 0.1) is 11.3 Å². The summed E-state index contributed by atoms with van der Waals surface area (Å²) in [4.78, 5) is 22.2. The first-order valence-electron chi connectivity index (χ1n) is 3.92. The van der Waals surface area contributed by atoms with Gasteiger partial charge < -0.3 is 4.74 Å². The van der Waals surface area contributed by atoms with Crippen LogP contribution in [-0.2, 0) is 14.3 Å². The van der Waals surface area contributed by atoms with E-state index in [1.165, 1.54) is 0 Å². The maximum absolute atomic E-state index is 11.2. The summed E-state index contributed by atoms with van der Waals surface area (Å²) < 4.78 is 4.51. The van der Waals surface area contributed by atoms with Crippen LogP contribution in [0.2, 0.25) is 0 Å². The van der Waals surface area contributed by atoms with Crippen LogP contribution in [0.4, 0.5) is 0 Å². The largest absolute Gasteiger partial charge is 0.392 e. The Balaban J connectivity index is 3.03. The van der Waals surface area contributed by atoms with E-state index < -0.39 is 17.4 Å². The van der Waals surface area contributed by atoms with Gasteiger partial charge >= 0.3 is 11.9 Å². The van der Waals surface area contributed by atoms with Crippen LogP contribution in [0.5, 0.6) is 0 Å². The maximum atomic E-state index is 11.2. The predicted molar refractivity (Wildman–Crippen MR) is 43.2 cm³/mol. The zero-order chi connectivity index (χ0) is 9.35. The lowest BCUT2D eigenvalue weighted by molar-refractivity contribution is -0.154. The Morgan fingerprint density at radius 2 is 2.08 bits per heavy atom. The third-order valence-corrected chi connectivity index (χ3v) is 2.40. The summed E-state index contributed by atoms with van der Waals surface area (Å²) in [7, 11) is 0. The number of carbonyl (C=O) groups excluding carboxylic acids is 2. The Morgan fingerprint density at radius 1 is 1.50 bits per heavy atom. The van der Waals surface area contributed by atoms with Crippen LogP contribution in [0.25, 0.3) is 0 Å². The molecule has 1 fully saturated rings. The van der Waals surface area contributed by atoms with Crippen LogP contribution in [0, 0.1) is 11.3 Å². The van der Waals surface area contributed by atoms with Gasteiger partial charge in [0.25, 0.3) is 0 Å². The lowest BCUT2D eigenvalue weighted by atomic mass is 9.80. The summed E-state index contributed by atoms with van der Waals surface area (Å²) in [6, 6.07) is 0. The van der Waals surface area contributed by atoms with Crippen molar-refractivity contribution in [1.82, 2.24) is 0 Å². The fraction of sp³-hybridized carbons (Fsp3) is 0.556. The van der Waals surface area contributed by atoms with Gasteiger partial charge in [-0.15, -0.1) is 0 Å². The molecule has 2 unspecified atom stereocenters. The van der Waals surface area contributed by atoms with Crippen molar-refractivity contribution in [3.05, 3.63) is 12.2 Å². The monoisotopic (exact) mass is 168 g/mol. The molecule has 0 bridgehead atoms. The number of esters is 2. The van der Waals surface area contributed by atoms with E-state index in [4.69, 9.17) is 0 Å². The van der Waals surface area contributed by atoms with Gasteiger partial charge in [-0.05, 0) is 13.8 Å². The zero-order valence-electron chi connectivity index (χ0n) is 7.46. The molecule has 0 aromatic heterocycles. The molecular formula is C9H12O3. The van der Waals surface area contributed by atoms with Gasteiger partial charge in [0.15, 0.2) is 0 Å². The highest BCUT2D eigenvalue weighted by atomic mass is 16.6. The second-order valence-corrected chi connectivity index (χ2v) is 3.21. The fourth-order valence-corrected chi connectivity index (χ4v) is 1.27. The first-order valence-corrected chi connectivity index (χ1v) is 3.92. The molecule has 0 N–H and O–H groups in total. The average molecular weight is 168 g/mol. The Morgan fingerprint density at radius 3 is 2.42 bits per heavy atom. The molecule has 1 saturated heterocycles. The minimum absolute atomic E-state index is 0.374. The molecular weight excluding hydrogens is 156 g/mol. The second kappa shape index (κ2) is 2.73. The molecule has 66 valence electrons. The van der Waals surface area contributed by atoms with Gasteiger partial charge in [0, 0.05) is 0 Å². The van der Waals surface area contributed by atoms with Crippen LogP contribution in [-0.4, -0.2) is 11.9 Å². The number of allylic oxidation sites excluding steroid dienone is 1. The molecule has 1 rings (SSSR count). The highest BCUT2D eigenvalue weighted by molar-refractivity contribution is 5.99. The number of cyclic esters (lactones) is 2. The molecule has 12 heavy (non-hydrogen) atoms. The van der Waals surface area contributed by atoms with E-state index in [0.29, 0.717) is 0 Å². The van der Waals surface area contributed by atoms with Gasteiger partial charge in [0.2, 0.25) is 0 Å². The summed E-state index contributed by atoms with van der Waals surface area (Å²) in [6.07, 6.45) is 3.47. The van der Waals surface area contributed by atoms with Crippen LogP contribution in [0.1, 0.15) is 20.8 Å². The molecule has 1 aliphatic rings. The van der Waals surface area contributed by atoms with Gasteiger partial charge in [-0.25, -0.2) is 0 Å². The van der Waals surface area contributed by atoms with Crippen LogP contribution in [0.15, 0.2) is 12.2 Å². The Labute approximate surface area is 71.4 Å². The van der Waals surface area contributed by atoms with E-state index in [1.807, 2.05) is 6.92 Å². The molecule has 1 aliphatic heterocycles. The molecule has 0 radical (unpaired) electrons. The van der Waals surface area contributed by atoms with Gasteiger partial charge in [0.1, 0.15) is 0 Å². The van der Waals surface area contributed by atoms with Crippen molar-refractivity contribution in [3.8, 4) is 0 Å². The van der Waals surface area contributed by atoms with E-state index in [0.717, 1.165) is 0 Å². The van der Waals surface area contributed by atoms with Crippen LogP contribution in [0.3, 0.4) is 0 Å². The van der Waals surface area contributed by atoms with E-state index in [-0.39, 0.29) is 5.92 Å². The maximum Gasteiger partial charge on any atom is 0.324 e. The smallest absolute Gasteiger partial charge is 0.324 e. The van der Waals surface area contributed by atoms with Crippen molar-refractivity contribution in [3.63, 3.8) is 0 Å². The van der Waals surface area contributed by atoms with Gasteiger partial charge in [-0.3, -0.25) is 9.59 Å². The molecule has 0 aromatic carbocycles. The number of hydrogen-bond acceptors (Lipinski definition) is 3. The summed E-state index contributed by atoms with van der Waals surface area (Å²) in [5.74, 6) is -1.25. The van der Waals surface area contributed by atoms with E-state index in [1.54, 1.807) is 26.0 Å². The lowest BCUT2D eigenvalue weighted by Gasteiger charge is -2.16. The third kappa shape index (κ3) is 1.05. The van der Waals surface area contributed by atoms with Crippen molar-refractivity contribution < 1.29 is 14.3 Å². The minimum atomic E-state index is -0.758. The topological polar surface area (TPSA) is 43.4 Å². The van der Waals surface area contributed by atoms with Crippen LogP contribution < -0.4 is 0 Å². The highest BCUT2D eigenvalue weighted by Gasteiger charge is 2.49. The lowest BCUT2D eigenvalue weighted by Crippen LogP contribution is -2.26. The van der Waals surface area contributed by atoms with E-state index in [2.05, 4.69) is 4.74 Å². The van der Waals surface area contributed by atoms with Gasteiger partial charge in [-0.2, -0.15) is 0 Å². The standard InChI is InChI=1S/C9H12O3/c1-4-5-9(3)6(2)7(10)12-8(9)11/h4-6H,1-3H3. The Hall–Kier alpha value is -1.12. The molecule has 0 amide bonds. The first kappa shape index (κ1) is 8.97. The molecule has 0 spiro atoms. The molecule has 2 atom stereocenters. The Kier molecular flexibility index (Phi) is 2.04. The van der Waals surface area contributed by atoms with Gasteiger partial charge in [-0.1, -0.05) is 19.1 Å². The number of ether oxygens (including phenoxy) is 1. The number of carbonyl (C=O) groups is 2. The quantitative estimate of drug-likeness (QED) is 0.336. The number of rotatable bonds is 1. The van der Waals surface area contributed by atoms with E-state index in [9.17, 15) is 9.59 Å². The van der Waals surface area contributed by atoms with Crippen LogP contribution >= 0.6 is 0 Å². The normalized spacial score (nSPS) is 36.1. The second-order valence-electron chi connectivity index (χ2n) is 3.21. The highest BCUT2D eigenvalue weighted by Crippen LogP contribution is 2.37. The van der Waals surface area contributed by atoms with Crippen molar-refractivity contribution >= 4 is 11.9 Å². The zero-order valence-corrected chi connectivity index (χ0v) is 7.46. The molecule has 0 aliphatic carbocycles. The minimum Gasteiger partial charge on any atom is -0.392 e. The molecule has 3 nitrogen and oxygen atoms in total. The predicted octanol–water partition coefficient (Wildman–Crippen LogP) is 1.29. The number of hydrogen-bond donors (Lipinski definition) is 0. The molecule has 0 aromatic rings. The van der Waals surface area contributed by atoms with Crippen molar-refractivity contribution in [1.29, 1.82) is 0 Å². The summed E-state index contributed by atoms with van der Waals surface area (Å²) >= 11 is 0. The SMILES string of the molecule is CC=CC1(C)C(=O)OC(=O)C1C. The Bertz CT molecular complexity index is 254. The molecule has 0 saturated carbocycles. The summed E-state index contributed by atoms with van der Waals surface area (Å²) in [6.45, 7) is 5.23. The van der Waals surface area contributed by atoms with Crippen molar-refractivity contribution in [2.45, 2.75) is 20.8 Å². The van der Waals surface area contributed by atoms with Crippen molar-refractivity contribution in [2.75, 3.05) is 0 Å². The average Bonchev–Trinajstić information content (AvgIpc) is 2.17. The van der Waals surface area contributed by atoms with E-state index >= 15 is 0 Å². The fourth-order valence-electron chi connectivity index (χ4n) is 1.27. The first-order chi connectivity index (χ1) is 5.52. The molecule has 1 heterocycles. The summed E-state index contributed by atoms with van der Waals surface area (Å²) in [5.41, 5.74) is -0.758.